The van der Waals surface area contributed by atoms with Gasteiger partial charge in [-0.15, -0.1) is 0 Å². The second-order valence-corrected chi connectivity index (χ2v) is 17.1. The number of benzene rings is 1. The van der Waals surface area contributed by atoms with E-state index >= 15 is 0 Å². The first-order chi connectivity index (χ1) is 27.6. The molecule has 0 bridgehead atoms. The van der Waals surface area contributed by atoms with Crippen LogP contribution in [0.1, 0.15) is 279 Å². The summed E-state index contributed by atoms with van der Waals surface area (Å²) in [5, 5.41) is 6.25. The number of hydrogen-bond donors (Lipinski definition) is 2. The van der Waals surface area contributed by atoms with Crippen LogP contribution in [0, 0.1) is 0 Å². The summed E-state index contributed by atoms with van der Waals surface area (Å²) in [6.45, 7) is 8.76. The van der Waals surface area contributed by atoms with Gasteiger partial charge in [-0.25, -0.2) is 0 Å². The zero-order valence-electron chi connectivity index (χ0n) is 37.7. The molecule has 0 radical (unpaired) electrons. The molecule has 326 valence electrons. The van der Waals surface area contributed by atoms with Gasteiger partial charge in [0, 0.05) is 18.7 Å². The highest BCUT2D eigenvalue weighted by Crippen LogP contribution is 2.22. The van der Waals surface area contributed by atoms with Crippen molar-refractivity contribution in [3.63, 3.8) is 0 Å². The summed E-state index contributed by atoms with van der Waals surface area (Å²) < 4.78 is 6.23. The fraction of sp³-hybridized carbons (Fsp3) is 0.843. The number of ether oxygens (including phenoxy) is 1. The summed E-state index contributed by atoms with van der Waals surface area (Å²) in [6.07, 6.45) is 48.4. The Morgan fingerprint density at radius 2 is 0.696 bits per heavy atom. The monoisotopic (exact) mass is 783 g/mol. The number of rotatable bonds is 43. The zero-order chi connectivity index (χ0) is 40.4. The Balaban J connectivity index is 2.39. The maximum absolute atomic E-state index is 13.3. The quantitative estimate of drug-likeness (QED) is 0.0648. The van der Waals surface area contributed by atoms with Gasteiger partial charge < -0.3 is 15.4 Å². The van der Waals surface area contributed by atoms with E-state index in [0.29, 0.717) is 36.6 Å². The molecule has 0 aliphatic rings. The van der Waals surface area contributed by atoms with Crippen molar-refractivity contribution in [3.8, 4) is 5.75 Å². The van der Waals surface area contributed by atoms with Crippen LogP contribution in [0.15, 0.2) is 18.2 Å². The number of amides is 2. The van der Waals surface area contributed by atoms with Crippen molar-refractivity contribution in [1.29, 1.82) is 0 Å². The highest BCUT2D eigenvalue weighted by atomic mass is 16.5. The lowest BCUT2D eigenvalue weighted by atomic mass is 10.0. The fourth-order valence-electron chi connectivity index (χ4n) is 7.81. The summed E-state index contributed by atoms with van der Waals surface area (Å²) in [4.78, 5) is 26.4. The average molecular weight is 783 g/mol. The van der Waals surface area contributed by atoms with Gasteiger partial charge in [-0.1, -0.05) is 239 Å². The van der Waals surface area contributed by atoms with E-state index in [1.165, 1.54) is 199 Å². The molecule has 0 heterocycles. The molecule has 0 unspecified atom stereocenters. The second-order valence-electron chi connectivity index (χ2n) is 17.1. The first kappa shape index (κ1) is 52.0. The van der Waals surface area contributed by atoms with Gasteiger partial charge in [-0.3, -0.25) is 9.59 Å². The largest absolute Gasteiger partial charge is 0.493 e. The normalized spacial score (nSPS) is 11.3. The zero-order valence-corrected chi connectivity index (χ0v) is 37.7. The van der Waals surface area contributed by atoms with E-state index < -0.39 is 0 Å². The van der Waals surface area contributed by atoms with Crippen LogP contribution >= 0.6 is 0 Å². The lowest BCUT2D eigenvalue weighted by Gasteiger charge is -2.14. The maximum atomic E-state index is 13.3. The fourth-order valence-corrected chi connectivity index (χ4v) is 7.81. The highest BCUT2D eigenvalue weighted by Gasteiger charge is 2.16. The minimum absolute atomic E-state index is 0.0815. The molecule has 1 aromatic carbocycles. The van der Waals surface area contributed by atoms with Crippen molar-refractivity contribution in [3.05, 3.63) is 29.3 Å². The van der Waals surface area contributed by atoms with Gasteiger partial charge in [-0.05, 0) is 37.5 Å². The smallest absolute Gasteiger partial charge is 0.255 e. The van der Waals surface area contributed by atoms with Crippen molar-refractivity contribution < 1.29 is 14.3 Å². The van der Waals surface area contributed by atoms with Crippen LogP contribution < -0.4 is 15.4 Å². The lowest BCUT2D eigenvalue weighted by molar-refractivity contribution is 0.0937. The number of unbranched alkanes of at least 4 members (excludes halogenated alkanes) is 34. The third kappa shape index (κ3) is 32.0. The predicted octanol–water partition coefficient (Wildman–Crippen LogP) is 16.0. The Kier molecular flexibility index (Phi) is 38.2. The molecule has 0 aliphatic carbocycles. The molecular weight excluding hydrogens is 689 g/mol. The standard InChI is InChI=1S/C51H94N2O3/c1-4-7-10-13-16-19-21-23-25-27-29-32-35-38-43-52-50(54)47-41-42-48(49(46-47)56-45-40-37-34-31-18-15-12-9-6-3)51(55)53-44-39-36-33-30-28-26-24-22-20-17-14-11-8-5-2/h41-42,46H,4-40,43-45H2,1-3H3,(H,52,54)(H,53,55). The topological polar surface area (TPSA) is 67.4 Å². The Labute approximate surface area is 348 Å². The van der Waals surface area contributed by atoms with Crippen LogP contribution in [0.25, 0.3) is 0 Å². The summed E-state index contributed by atoms with van der Waals surface area (Å²) in [7, 11) is 0. The van der Waals surface area contributed by atoms with E-state index in [1.807, 2.05) is 0 Å². The molecule has 5 nitrogen and oxygen atoms in total. The molecule has 0 fully saturated rings. The number of carbonyl (C=O) groups is 2. The summed E-state index contributed by atoms with van der Waals surface area (Å²) in [5.74, 6) is 0.352. The molecule has 0 saturated heterocycles. The number of carbonyl (C=O) groups excluding carboxylic acids is 2. The molecule has 2 amide bonds. The minimum atomic E-state index is -0.101. The molecule has 5 heteroatoms. The van der Waals surface area contributed by atoms with Crippen molar-refractivity contribution in [2.24, 2.45) is 0 Å². The molecular formula is C51H94N2O3. The van der Waals surface area contributed by atoms with E-state index in [4.69, 9.17) is 4.74 Å². The minimum Gasteiger partial charge on any atom is -0.493 e. The molecule has 1 rings (SSSR count). The van der Waals surface area contributed by atoms with Crippen molar-refractivity contribution in [2.45, 2.75) is 258 Å². The predicted molar refractivity (Wildman–Crippen MR) is 244 cm³/mol. The maximum Gasteiger partial charge on any atom is 0.255 e. The Hall–Kier alpha value is -2.04. The third-order valence-electron chi connectivity index (χ3n) is 11.6. The van der Waals surface area contributed by atoms with E-state index in [-0.39, 0.29) is 11.8 Å². The molecule has 1 aromatic rings. The molecule has 2 N–H and O–H groups in total. The van der Waals surface area contributed by atoms with Gasteiger partial charge in [0.25, 0.3) is 11.8 Å². The van der Waals surface area contributed by atoms with Gasteiger partial charge in [0.1, 0.15) is 5.75 Å². The highest BCUT2D eigenvalue weighted by molar-refractivity contribution is 6.00. The van der Waals surface area contributed by atoms with Crippen molar-refractivity contribution in [2.75, 3.05) is 19.7 Å². The molecule has 0 aromatic heterocycles. The van der Waals surface area contributed by atoms with Gasteiger partial charge in [0.15, 0.2) is 0 Å². The van der Waals surface area contributed by atoms with Gasteiger partial charge in [0.2, 0.25) is 0 Å². The van der Waals surface area contributed by atoms with Gasteiger partial charge in [0.05, 0.1) is 12.2 Å². The SMILES string of the molecule is CCCCCCCCCCCCCCCCNC(=O)c1ccc(C(=O)NCCCCCCCCCCCCCCCC)c(OCCCCCCCCCCC)c1. The summed E-state index contributed by atoms with van der Waals surface area (Å²) >= 11 is 0. The van der Waals surface area contributed by atoms with E-state index in [2.05, 4.69) is 31.4 Å². The number of hydrogen-bond acceptors (Lipinski definition) is 3. The van der Waals surface area contributed by atoms with E-state index in [0.717, 1.165) is 38.5 Å². The molecule has 0 atom stereocenters. The van der Waals surface area contributed by atoms with Crippen LogP contribution in [0.2, 0.25) is 0 Å². The van der Waals surface area contributed by atoms with Crippen LogP contribution in [0.4, 0.5) is 0 Å². The first-order valence-electron chi connectivity index (χ1n) is 25.0. The van der Waals surface area contributed by atoms with Crippen molar-refractivity contribution in [1.82, 2.24) is 10.6 Å². The Morgan fingerprint density at radius 1 is 0.393 bits per heavy atom. The van der Waals surface area contributed by atoms with Crippen LogP contribution in [0.5, 0.6) is 5.75 Å². The van der Waals surface area contributed by atoms with Gasteiger partial charge in [-0.2, -0.15) is 0 Å². The molecule has 0 saturated carbocycles. The van der Waals surface area contributed by atoms with Crippen molar-refractivity contribution >= 4 is 11.8 Å². The Morgan fingerprint density at radius 3 is 1.05 bits per heavy atom. The van der Waals surface area contributed by atoms with E-state index in [9.17, 15) is 9.59 Å². The Bertz CT molecular complexity index is 1010. The van der Waals surface area contributed by atoms with Crippen LogP contribution in [-0.4, -0.2) is 31.5 Å². The summed E-state index contributed by atoms with van der Waals surface area (Å²) in [6, 6.07) is 5.36. The van der Waals surface area contributed by atoms with Crippen LogP contribution in [-0.2, 0) is 0 Å². The van der Waals surface area contributed by atoms with Gasteiger partial charge >= 0.3 is 0 Å². The lowest BCUT2D eigenvalue weighted by Crippen LogP contribution is -2.26. The molecule has 0 aliphatic heterocycles. The first-order valence-corrected chi connectivity index (χ1v) is 25.0. The van der Waals surface area contributed by atoms with Crippen LogP contribution in [0.3, 0.4) is 0 Å². The van der Waals surface area contributed by atoms with E-state index in [1.54, 1.807) is 18.2 Å². The average Bonchev–Trinajstić information content (AvgIpc) is 3.21. The number of nitrogens with one attached hydrogen (secondary N) is 2. The summed E-state index contributed by atoms with van der Waals surface area (Å²) in [5.41, 5.74) is 1.11. The molecule has 56 heavy (non-hydrogen) atoms. The third-order valence-corrected chi connectivity index (χ3v) is 11.6. The molecule has 0 spiro atoms. The second kappa shape index (κ2) is 41.1.